The third-order valence-corrected chi connectivity index (χ3v) is 7.56. The summed E-state index contributed by atoms with van der Waals surface area (Å²) in [5.74, 6) is -0.854. The Morgan fingerprint density at radius 3 is 2.24 bits per heavy atom. The van der Waals surface area contributed by atoms with Gasteiger partial charge >= 0.3 is 0 Å². The van der Waals surface area contributed by atoms with Crippen molar-refractivity contribution >= 4 is 44.7 Å². The van der Waals surface area contributed by atoms with Crippen molar-refractivity contribution in [3.63, 3.8) is 0 Å². The van der Waals surface area contributed by atoms with Gasteiger partial charge in [0.25, 0.3) is 10.0 Å². The van der Waals surface area contributed by atoms with E-state index in [0.717, 1.165) is 5.56 Å². The standard InChI is InChI=1S/C28H20ClN3O4S/c29-25-26(31-20-14-15-30-23(17-20)32-37(35,36)21-11-5-2-6-12-21)27(33)22-13-7-10-19(24(22)28(25)34)16-18-8-3-1-4-9-18/h1-15,17H,16H2,(H2,30,31,32). The monoisotopic (exact) mass is 529 g/mol. The Morgan fingerprint density at radius 2 is 1.51 bits per heavy atom. The molecule has 5 rings (SSSR count). The number of pyridine rings is 1. The van der Waals surface area contributed by atoms with Crippen LogP contribution in [0, 0.1) is 0 Å². The number of hydrogen-bond donors (Lipinski definition) is 2. The fourth-order valence-corrected chi connectivity index (χ4v) is 5.34. The molecule has 0 saturated heterocycles. The second-order valence-electron chi connectivity index (χ2n) is 8.32. The van der Waals surface area contributed by atoms with Gasteiger partial charge in [-0.2, -0.15) is 0 Å². The fraction of sp³-hybridized carbons (Fsp3) is 0.0357. The Balaban J connectivity index is 1.42. The minimum Gasteiger partial charge on any atom is -0.351 e. The number of carbonyl (C=O) groups excluding carboxylic acids is 2. The van der Waals surface area contributed by atoms with Gasteiger partial charge in [-0.15, -0.1) is 0 Å². The fourth-order valence-electron chi connectivity index (χ4n) is 4.09. The number of carbonyl (C=O) groups is 2. The molecule has 2 N–H and O–H groups in total. The van der Waals surface area contributed by atoms with Crippen LogP contribution in [0.3, 0.4) is 0 Å². The number of Topliss-reactive ketones (excluding diaryl/α,β-unsaturated/α-hetero) is 2. The van der Waals surface area contributed by atoms with Crippen molar-refractivity contribution in [1.82, 2.24) is 4.98 Å². The van der Waals surface area contributed by atoms with Crippen molar-refractivity contribution in [1.29, 1.82) is 0 Å². The third-order valence-electron chi connectivity index (χ3n) is 5.83. The van der Waals surface area contributed by atoms with E-state index in [-0.39, 0.29) is 32.6 Å². The zero-order valence-electron chi connectivity index (χ0n) is 19.3. The molecule has 1 aromatic heterocycles. The van der Waals surface area contributed by atoms with Gasteiger partial charge in [0, 0.05) is 29.1 Å². The first-order valence-electron chi connectivity index (χ1n) is 11.3. The van der Waals surface area contributed by atoms with Crippen LogP contribution in [0.25, 0.3) is 0 Å². The molecule has 1 heterocycles. The lowest BCUT2D eigenvalue weighted by Crippen LogP contribution is -2.25. The number of benzene rings is 3. The first-order valence-corrected chi connectivity index (χ1v) is 13.2. The summed E-state index contributed by atoms with van der Waals surface area (Å²) in [5, 5.41) is 2.65. The minimum absolute atomic E-state index is 0.0331. The molecule has 0 atom stereocenters. The summed E-state index contributed by atoms with van der Waals surface area (Å²) in [4.78, 5) is 30.8. The molecule has 0 radical (unpaired) electrons. The summed E-state index contributed by atoms with van der Waals surface area (Å²) in [7, 11) is -3.86. The number of halogens is 1. The van der Waals surface area contributed by atoms with Gasteiger partial charge in [0.2, 0.25) is 11.6 Å². The lowest BCUT2D eigenvalue weighted by atomic mass is 9.86. The molecule has 0 bridgehead atoms. The van der Waals surface area contributed by atoms with E-state index < -0.39 is 21.6 Å². The molecule has 0 saturated carbocycles. The van der Waals surface area contributed by atoms with E-state index in [9.17, 15) is 18.0 Å². The second kappa shape index (κ2) is 10.0. The van der Waals surface area contributed by atoms with Crippen LogP contribution in [-0.4, -0.2) is 25.0 Å². The average Bonchev–Trinajstić information content (AvgIpc) is 2.91. The van der Waals surface area contributed by atoms with Crippen molar-refractivity contribution in [3.05, 3.63) is 130 Å². The minimum atomic E-state index is -3.86. The number of allylic oxidation sites excluding steroid dienone is 2. The zero-order chi connectivity index (χ0) is 26.0. The van der Waals surface area contributed by atoms with Crippen molar-refractivity contribution < 1.29 is 18.0 Å². The van der Waals surface area contributed by atoms with Crippen molar-refractivity contribution in [2.45, 2.75) is 11.3 Å². The molecule has 0 amide bonds. The van der Waals surface area contributed by atoms with Crippen LogP contribution >= 0.6 is 11.6 Å². The summed E-state index contributed by atoms with van der Waals surface area (Å²) in [6.45, 7) is 0. The third kappa shape index (κ3) is 5.02. The van der Waals surface area contributed by atoms with E-state index in [0.29, 0.717) is 17.7 Å². The molecule has 184 valence electrons. The van der Waals surface area contributed by atoms with Gasteiger partial charge in [0.1, 0.15) is 16.5 Å². The van der Waals surface area contributed by atoms with E-state index in [1.165, 1.54) is 30.5 Å². The molecule has 7 nitrogen and oxygen atoms in total. The number of nitrogens with zero attached hydrogens (tertiary/aromatic N) is 1. The van der Waals surface area contributed by atoms with Gasteiger partial charge < -0.3 is 5.32 Å². The molecule has 1 aliphatic rings. The first-order chi connectivity index (χ1) is 17.8. The molecule has 0 unspecified atom stereocenters. The maximum atomic E-state index is 13.4. The summed E-state index contributed by atoms with van der Waals surface area (Å²) in [6, 6.07) is 25.6. The topological polar surface area (TPSA) is 105 Å². The average molecular weight is 530 g/mol. The van der Waals surface area contributed by atoms with Gasteiger partial charge in [-0.25, -0.2) is 13.4 Å². The molecule has 4 aromatic rings. The molecule has 0 fully saturated rings. The van der Waals surface area contributed by atoms with Crippen LogP contribution in [0.4, 0.5) is 11.5 Å². The van der Waals surface area contributed by atoms with Crippen LogP contribution in [0.15, 0.2) is 113 Å². The highest BCUT2D eigenvalue weighted by Crippen LogP contribution is 2.32. The molecule has 0 aliphatic heterocycles. The summed E-state index contributed by atoms with van der Waals surface area (Å²) in [5.41, 5.74) is 2.50. The largest absolute Gasteiger partial charge is 0.351 e. The van der Waals surface area contributed by atoms with Crippen molar-refractivity contribution in [2.24, 2.45) is 0 Å². The molecule has 9 heteroatoms. The van der Waals surface area contributed by atoms with Crippen molar-refractivity contribution in [3.8, 4) is 0 Å². The summed E-state index contributed by atoms with van der Waals surface area (Å²) < 4.78 is 27.7. The molecule has 3 aromatic carbocycles. The number of aromatic nitrogens is 1. The van der Waals surface area contributed by atoms with Gasteiger partial charge in [0.15, 0.2) is 0 Å². The Bertz CT molecular complexity index is 1650. The summed E-state index contributed by atoms with van der Waals surface area (Å²) in [6.07, 6.45) is 1.85. The van der Waals surface area contributed by atoms with Crippen LogP contribution in [0.5, 0.6) is 0 Å². The number of anilines is 2. The molecule has 37 heavy (non-hydrogen) atoms. The normalized spacial score (nSPS) is 13.3. The highest BCUT2D eigenvalue weighted by atomic mass is 35.5. The lowest BCUT2D eigenvalue weighted by Gasteiger charge is -2.21. The van der Waals surface area contributed by atoms with Crippen LogP contribution < -0.4 is 10.0 Å². The highest BCUT2D eigenvalue weighted by Gasteiger charge is 2.33. The number of ketones is 2. The first kappa shape index (κ1) is 24.4. The second-order valence-corrected chi connectivity index (χ2v) is 10.4. The van der Waals surface area contributed by atoms with Gasteiger partial charge in [0.05, 0.1) is 4.90 Å². The number of nitrogens with one attached hydrogen (secondary N) is 2. The number of sulfonamides is 1. The SMILES string of the molecule is O=C1C(Nc2ccnc(NS(=O)(=O)c3ccccc3)c2)=C(Cl)C(=O)c2c(Cc3ccccc3)cccc21. The number of fused-ring (bicyclic) bond motifs is 1. The number of rotatable bonds is 7. The van der Waals surface area contributed by atoms with Crippen LogP contribution in [-0.2, 0) is 16.4 Å². The predicted octanol–water partition coefficient (Wildman–Crippen LogP) is 5.41. The molecular weight excluding hydrogens is 510 g/mol. The Labute approximate surface area is 218 Å². The van der Waals surface area contributed by atoms with Gasteiger partial charge in [-0.1, -0.05) is 78.3 Å². The predicted molar refractivity (Wildman–Crippen MR) is 142 cm³/mol. The Kier molecular flexibility index (Phi) is 6.60. The van der Waals surface area contributed by atoms with Crippen molar-refractivity contribution in [2.75, 3.05) is 10.0 Å². The quantitative estimate of drug-likeness (QED) is 0.331. The Morgan fingerprint density at radius 1 is 0.811 bits per heavy atom. The van der Waals surface area contributed by atoms with E-state index in [2.05, 4.69) is 15.0 Å². The summed E-state index contributed by atoms with van der Waals surface area (Å²) >= 11 is 6.43. The van der Waals surface area contributed by atoms with Crippen LogP contribution in [0.1, 0.15) is 31.8 Å². The van der Waals surface area contributed by atoms with E-state index in [1.807, 2.05) is 36.4 Å². The Hall–Kier alpha value is -4.27. The number of hydrogen-bond acceptors (Lipinski definition) is 6. The molecule has 1 aliphatic carbocycles. The van der Waals surface area contributed by atoms with E-state index >= 15 is 0 Å². The maximum Gasteiger partial charge on any atom is 0.263 e. The highest BCUT2D eigenvalue weighted by molar-refractivity contribution is 7.92. The lowest BCUT2D eigenvalue weighted by molar-refractivity contribution is 0.0981. The van der Waals surface area contributed by atoms with E-state index in [4.69, 9.17) is 11.6 Å². The molecular formula is C28H20ClN3O4S. The smallest absolute Gasteiger partial charge is 0.263 e. The van der Waals surface area contributed by atoms with Gasteiger partial charge in [-0.05, 0) is 35.7 Å². The van der Waals surface area contributed by atoms with Gasteiger partial charge in [-0.3, -0.25) is 14.3 Å². The maximum absolute atomic E-state index is 13.4. The van der Waals surface area contributed by atoms with E-state index in [1.54, 1.807) is 30.3 Å². The molecule has 0 spiro atoms. The van der Waals surface area contributed by atoms with Crippen LogP contribution in [0.2, 0.25) is 0 Å². The zero-order valence-corrected chi connectivity index (χ0v) is 20.9.